The molecular formula is C16H11Cl3FNO4. The molecule has 0 aliphatic carbocycles. The number of hydrogen-bond acceptors (Lipinski definition) is 3. The minimum absolute atomic E-state index is 0.0202. The van der Waals surface area contributed by atoms with Gasteiger partial charge in [0.2, 0.25) is 0 Å². The van der Waals surface area contributed by atoms with E-state index in [2.05, 4.69) is 5.32 Å². The van der Waals surface area contributed by atoms with Gasteiger partial charge in [0.1, 0.15) is 11.6 Å². The van der Waals surface area contributed by atoms with Crippen molar-refractivity contribution in [1.82, 2.24) is 5.32 Å². The monoisotopic (exact) mass is 405 g/mol. The van der Waals surface area contributed by atoms with Crippen LogP contribution in [0.1, 0.15) is 15.9 Å². The van der Waals surface area contributed by atoms with E-state index in [1.54, 1.807) is 0 Å². The Morgan fingerprint density at radius 2 is 1.88 bits per heavy atom. The molecule has 1 amide bonds. The molecule has 0 aliphatic heterocycles. The largest absolute Gasteiger partial charge is 0.481 e. The predicted molar refractivity (Wildman–Crippen MR) is 92.2 cm³/mol. The number of aliphatic carboxylic acids is 1. The number of halogens is 4. The number of carboxylic acids is 1. The molecule has 0 bridgehead atoms. The Bertz CT molecular complexity index is 806. The summed E-state index contributed by atoms with van der Waals surface area (Å²) >= 11 is 17.3. The molecular weight excluding hydrogens is 396 g/mol. The number of benzene rings is 2. The first-order valence-corrected chi connectivity index (χ1v) is 7.97. The first-order valence-electron chi connectivity index (χ1n) is 6.83. The lowest BCUT2D eigenvalue weighted by molar-refractivity contribution is -0.139. The van der Waals surface area contributed by atoms with Gasteiger partial charge in [-0.15, -0.1) is 0 Å². The highest BCUT2D eigenvalue weighted by Crippen LogP contribution is 2.27. The van der Waals surface area contributed by atoms with E-state index in [0.29, 0.717) is 5.56 Å². The molecule has 2 aromatic carbocycles. The van der Waals surface area contributed by atoms with Crippen molar-refractivity contribution >= 4 is 46.7 Å². The van der Waals surface area contributed by atoms with Crippen molar-refractivity contribution < 1.29 is 23.8 Å². The Morgan fingerprint density at radius 3 is 2.52 bits per heavy atom. The van der Waals surface area contributed by atoms with Gasteiger partial charge < -0.3 is 15.2 Å². The minimum atomic E-state index is -1.20. The number of nitrogens with one attached hydrogen (secondary N) is 1. The summed E-state index contributed by atoms with van der Waals surface area (Å²) in [5.41, 5.74) is 0.494. The lowest BCUT2D eigenvalue weighted by atomic mass is 10.1. The summed E-state index contributed by atoms with van der Waals surface area (Å²) in [7, 11) is 0. The molecule has 25 heavy (non-hydrogen) atoms. The average molecular weight is 407 g/mol. The Morgan fingerprint density at radius 1 is 1.16 bits per heavy atom. The Balaban J connectivity index is 2.14. The fourth-order valence-corrected chi connectivity index (χ4v) is 2.43. The fourth-order valence-electron chi connectivity index (χ4n) is 1.93. The summed E-state index contributed by atoms with van der Waals surface area (Å²) < 4.78 is 18.6. The second-order valence-corrected chi connectivity index (χ2v) is 6.10. The maximum atomic E-state index is 13.6. The Labute approximate surface area is 157 Å². The van der Waals surface area contributed by atoms with Gasteiger partial charge in [-0.3, -0.25) is 4.79 Å². The van der Waals surface area contributed by atoms with Gasteiger partial charge in [-0.2, -0.15) is 0 Å². The summed E-state index contributed by atoms with van der Waals surface area (Å²) in [4.78, 5) is 22.9. The number of carbonyl (C=O) groups excluding carboxylic acids is 1. The molecule has 0 saturated carbocycles. The Hall–Kier alpha value is -2.02. The van der Waals surface area contributed by atoms with Gasteiger partial charge in [0.15, 0.2) is 6.61 Å². The van der Waals surface area contributed by atoms with Crippen LogP contribution in [0, 0.1) is 5.82 Å². The number of amides is 1. The summed E-state index contributed by atoms with van der Waals surface area (Å²) in [6.45, 7) is -0.647. The van der Waals surface area contributed by atoms with E-state index in [0.717, 1.165) is 6.07 Å². The number of rotatable bonds is 6. The Kier molecular flexibility index (Phi) is 6.47. The normalized spacial score (nSPS) is 10.4. The minimum Gasteiger partial charge on any atom is -0.481 e. The lowest BCUT2D eigenvalue weighted by Crippen LogP contribution is -2.24. The van der Waals surface area contributed by atoms with Gasteiger partial charge >= 0.3 is 5.97 Å². The molecule has 132 valence electrons. The molecule has 9 heteroatoms. The van der Waals surface area contributed by atoms with E-state index in [9.17, 15) is 14.0 Å². The van der Waals surface area contributed by atoms with E-state index in [-0.39, 0.29) is 32.9 Å². The summed E-state index contributed by atoms with van der Waals surface area (Å²) in [5.74, 6) is -2.43. The fraction of sp³-hybridized carbons (Fsp3) is 0.125. The van der Waals surface area contributed by atoms with Gasteiger partial charge in [-0.25, -0.2) is 9.18 Å². The zero-order valence-electron chi connectivity index (χ0n) is 12.5. The van der Waals surface area contributed by atoms with Crippen LogP contribution in [0.3, 0.4) is 0 Å². The van der Waals surface area contributed by atoms with Crippen molar-refractivity contribution in [1.29, 1.82) is 0 Å². The van der Waals surface area contributed by atoms with Crippen molar-refractivity contribution in [2.24, 2.45) is 0 Å². The number of ether oxygens (including phenoxy) is 1. The predicted octanol–water partition coefficient (Wildman–Crippen LogP) is 4.18. The number of hydrogen-bond donors (Lipinski definition) is 2. The molecule has 2 N–H and O–H groups in total. The van der Waals surface area contributed by atoms with E-state index in [4.69, 9.17) is 44.6 Å². The van der Waals surface area contributed by atoms with Crippen LogP contribution < -0.4 is 10.1 Å². The third-order valence-electron chi connectivity index (χ3n) is 3.04. The second-order valence-electron chi connectivity index (χ2n) is 4.88. The quantitative estimate of drug-likeness (QED) is 0.706. The van der Waals surface area contributed by atoms with Crippen molar-refractivity contribution in [2.45, 2.75) is 6.54 Å². The van der Waals surface area contributed by atoms with Crippen LogP contribution in [0.25, 0.3) is 0 Å². The summed E-state index contributed by atoms with van der Waals surface area (Å²) in [5, 5.41) is 11.4. The lowest BCUT2D eigenvalue weighted by Gasteiger charge is -2.11. The highest BCUT2D eigenvalue weighted by atomic mass is 35.5. The van der Waals surface area contributed by atoms with E-state index >= 15 is 0 Å². The van der Waals surface area contributed by atoms with E-state index in [1.807, 2.05) is 0 Å². The van der Waals surface area contributed by atoms with Gasteiger partial charge in [0.25, 0.3) is 5.91 Å². The van der Waals surface area contributed by atoms with Gasteiger partial charge in [0, 0.05) is 11.6 Å². The molecule has 2 aromatic rings. The molecule has 0 unspecified atom stereocenters. The zero-order chi connectivity index (χ0) is 18.6. The molecule has 5 nitrogen and oxygen atoms in total. The summed E-state index contributed by atoms with van der Waals surface area (Å²) in [6, 6.07) is 6.76. The second kappa shape index (κ2) is 8.38. The standard InChI is InChI=1S/C16H11Cl3FNO4/c17-9-1-2-10(13(5-9)25-7-14(22)23)16(24)21-6-8-3-11(18)15(19)12(20)4-8/h1-5H,6-7H2,(H,21,24)(H,22,23). The third kappa shape index (κ3) is 5.22. The number of carbonyl (C=O) groups is 2. The maximum absolute atomic E-state index is 13.6. The van der Waals surface area contributed by atoms with Gasteiger partial charge in [-0.05, 0) is 35.9 Å². The van der Waals surface area contributed by atoms with Crippen LogP contribution in [0.2, 0.25) is 15.1 Å². The van der Waals surface area contributed by atoms with Crippen LogP contribution in [0.4, 0.5) is 4.39 Å². The first-order chi connectivity index (χ1) is 11.8. The van der Waals surface area contributed by atoms with Crippen LogP contribution in [0.5, 0.6) is 5.75 Å². The molecule has 0 aliphatic rings. The van der Waals surface area contributed by atoms with Gasteiger partial charge in [-0.1, -0.05) is 34.8 Å². The molecule has 0 atom stereocenters. The van der Waals surface area contributed by atoms with Crippen LogP contribution in [-0.4, -0.2) is 23.6 Å². The SMILES string of the molecule is O=C(O)COc1cc(Cl)ccc1C(=O)NCc1cc(F)c(Cl)c(Cl)c1. The average Bonchev–Trinajstić information content (AvgIpc) is 2.55. The molecule has 0 radical (unpaired) electrons. The molecule has 0 saturated heterocycles. The molecule has 2 rings (SSSR count). The van der Waals surface area contributed by atoms with Crippen molar-refractivity contribution in [3.63, 3.8) is 0 Å². The van der Waals surface area contributed by atoms with Crippen molar-refractivity contribution in [3.05, 3.63) is 62.3 Å². The van der Waals surface area contributed by atoms with E-state index in [1.165, 1.54) is 24.3 Å². The first kappa shape index (κ1) is 19.3. The van der Waals surface area contributed by atoms with E-state index < -0.39 is 24.3 Å². The smallest absolute Gasteiger partial charge is 0.341 e. The van der Waals surface area contributed by atoms with Crippen molar-refractivity contribution in [3.8, 4) is 5.75 Å². The summed E-state index contributed by atoms with van der Waals surface area (Å²) in [6.07, 6.45) is 0. The van der Waals surface area contributed by atoms with Crippen LogP contribution >= 0.6 is 34.8 Å². The number of carboxylic acid groups (broad SMARTS) is 1. The zero-order valence-corrected chi connectivity index (χ0v) is 14.8. The van der Waals surface area contributed by atoms with Crippen molar-refractivity contribution in [2.75, 3.05) is 6.61 Å². The molecule has 0 fully saturated rings. The highest BCUT2D eigenvalue weighted by Gasteiger charge is 2.15. The molecule has 0 spiro atoms. The maximum Gasteiger partial charge on any atom is 0.341 e. The molecule has 0 aromatic heterocycles. The molecule has 0 heterocycles. The third-order valence-corrected chi connectivity index (χ3v) is 4.05. The highest BCUT2D eigenvalue weighted by molar-refractivity contribution is 6.42. The van der Waals surface area contributed by atoms with Gasteiger partial charge in [0.05, 0.1) is 15.6 Å². The van der Waals surface area contributed by atoms with Crippen LogP contribution in [0.15, 0.2) is 30.3 Å². The van der Waals surface area contributed by atoms with Crippen LogP contribution in [-0.2, 0) is 11.3 Å². The topological polar surface area (TPSA) is 75.6 Å².